The second-order valence-electron chi connectivity index (χ2n) is 5.22. The van der Waals surface area contributed by atoms with Crippen LogP contribution in [0.15, 0.2) is 30.6 Å². The summed E-state index contributed by atoms with van der Waals surface area (Å²) < 4.78 is 35.0. The molecule has 146 valence electrons. The molecule has 5 nitrogen and oxygen atoms in total. The fourth-order valence-electron chi connectivity index (χ4n) is 2.05. The Balaban J connectivity index is 2.21. The number of unbranched alkanes of at least 4 members (excludes halogenated alkanes) is 1. The van der Waals surface area contributed by atoms with Crippen molar-refractivity contribution in [2.45, 2.75) is 19.5 Å². The Bertz CT molecular complexity index is 774. The van der Waals surface area contributed by atoms with E-state index in [1.807, 2.05) is 0 Å². The molecule has 0 aliphatic rings. The molecule has 1 heterocycles. The molecule has 0 atom stereocenters. The van der Waals surface area contributed by atoms with Crippen LogP contribution in [0.2, 0.25) is 10.0 Å². The van der Waals surface area contributed by atoms with E-state index in [1.165, 1.54) is 30.6 Å². The van der Waals surface area contributed by atoms with E-state index in [0.29, 0.717) is 18.7 Å². The highest BCUT2D eigenvalue weighted by Crippen LogP contribution is 2.32. The minimum Gasteiger partial charge on any atom is -0.490 e. The molecule has 1 aromatic carbocycles. The van der Waals surface area contributed by atoms with Gasteiger partial charge in [0, 0.05) is 23.8 Å². The van der Waals surface area contributed by atoms with Crippen molar-refractivity contribution in [1.29, 1.82) is 0 Å². The number of nitrogens with one attached hydrogen (secondary N) is 1. The van der Waals surface area contributed by atoms with Crippen molar-refractivity contribution in [3.63, 3.8) is 0 Å². The van der Waals surface area contributed by atoms with E-state index < -0.39 is 12.5 Å². The predicted molar refractivity (Wildman–Crippen MR) is 101 cm³/mol. The number of halogens is 5. The zero-order valence-electron chi connectivity index (χ0n) is 13.9. The van der Waals surface area contributed by atoms with Crippen LogP contribution in [-0.2, 0) is 0 Å². The van der Waals surface area contributed by atoms with Gasteiger partial charge in [-0.1, -0.05) is 23.2 Å². The van der Waals surface area contributed by atoms with E-state index in [2.05, 4.69) is 15.0 Å². The molecular weight excluding hydrogens is 425 g/mol. The molecule has 0 fully saturated rings. The van der Waals surface area contributed by atoms with Gasteiger partial charge in [-0.15, -0.1) is 11.6 Å². The van der Waals surface area contributed by atoms with Crippen LogP contribution in [0.25, 0.3) is 0 Å². The Morgan fingerprint density at radius 2 is 1.85 bits per heavy atom. The Kier molecular flexibility index (Phi) is 8.34. The minimum absolute atomic E-state index is 0.0180. The zero-order valence-corrected chi connectivity index (χ0v) is 16.1. The number of alkyl halides is 3. The second kappa shape index (κ2) is 10.5. The van der Waals surface area contributed by atoms with Gasteiger partial charge in [0.05, 0.1) is 22.3 Å². The number of amides is 1. The molecule has 0 unspecified atom stereocenters. The number of aromatic nitrogens is 1. The SMILES string of the molecule is O=C(Nc1c(Cl)cncc1Cl)c1ccc(OC(F)F)c(OCCCCCl)c1. The normalized spacial score (nSPS) is 10.7. The summed E-state index contributed by atoms with van der Waals surface area (Å²) in [7, 11) is 0. The number of carbonyl (C=O) groups excluding carboxylic acids is 1. The Hall–Kier alpha value is -1.83. The first-order chi connectivity index (χ1) is 12.9. The van der Waals surface area contributed by atoms with Crippen molar-refractivity contribution < 1.29 is 23.0 Å². The second-order valence-corrected chi connectivity index (χ2v) is 6.41. The van der Waals surface area contributed by atoms with Gasteiger partial charge in [0.2, 0.25) is 0 Å². The first kappa shape index (κ1) is 21.5. The van der Waals surface area contributed by atoms with E-state index >= 15 is 0 Å². The monoisotopic (exact) mass is 438 g/mol. The zero-order chi connectivity index (χ0) is 19.8. The molecule has 0 aliphatic carbocycles. The van der Waals surface area contributed by atoms with Crippen molar-refractivity contribution in [2.24, 2.45) is 0 Å². The lowest BCUT2D eigenvalue weighted by atomic mass is 10.2. The summed E-state index contributed by atoms with van der Waals surface area (Å²) in [4.78, 5) is 16.3. The highest BCUT2D eigenvalue weighted by atomic mass is 35.5. The Morgan fingerprint density at radius 1 is 1.15 bits per heavy atom. The lowest BCUT2D eigenvalue weighted by Gasteiger charge is -2.14. The number of hydrogen-bond acceptors (Lipinski definition) is 4. The number of rotatable bonds is 9. The smallest absolute Gasteiger partial charge is 0.387 e. The molecule has 1 amide bonds. The quantitative estimate of drug-likeness (QED) is 0.406. The van der Waals surface area contributed by atoms with Gasteiger partial charge in [0.15, 0.2) is 11.5 Å². The van der Waals surface area contributed by atoms with E-state index in [-0.39, 0.29) is 39.4 Å². The molecule has 0 aliphatic heterocycles. The van der Waals surface area contributed by atoms with Crippen LogP contribution in [0.3, 0.4) is 0 Å². The molecular formula is C17H15Cl3F2N2O3. The maximum Gasteiger partial charge on any atom is 0.387 e. The van der Waals surface area contributed by atoms with Crippen LogP contribution >= 0.6 is 34.8 Å². The standard InChI is InChI=1S/C17H15Cl3F2N2O3/c18-5-1-2-6-26-14-7-10(3-4-13(14)27-17(21)22)16(25)24-15-11(19)8-23-9-12(15)20/h3-4,7-9,17H,1-2,5-6H2,(H,23,24,25). The highest BCUT2D eigenvalue weighted by Gasteiger charge is 2.17. The summed E-state index contributed by atoms with van der Waals surface area (Å²) in [6.45, 7) is -2.79. The number of nitrogens with zero attached hydrogens (tertiary/aromatic N) is 1. The summed E-state index contributed by atoms with van der Waals surface area (Å²) in [5.74, 6) is -0.254. The van der Waals surface area contributed by atoms with E-state index in [1.54, 1.807) is 0 Å². The fraction of sp³-hybridized carbons (Fsp3) is 0.294. The van der Waals surface area contributed by atoms with Gasteiger partial charge in [0.1, 0.15) is 0 Å². The van der Waals surface area contributed by atoms with E-state index in [4.69, 9.17) is 39.5 Å². The van der Waals surface area contributed by atoms with Crippen molar-refractivity contribution in [1.82, 2.24) is 4.98 Å². The van der Waals surface area contributed by atoms with Crippen LogP contribution in [0.1, 0.15) is 23.2 Å². The molecule has 10 heteroatoms. The third-order valence-corrected chi connectivity index (χ3v) is 4.14. The molecule has 1 aromatic heterocycles. The van der Waals surface area contributed by atoms with Crippen LogP contribution < -0.4 is 14.8 Å². The van der Waals surface area contributed by atoms with E-state index in [9.17, 15) is 13.6 Å². The third kappa shape index (κ3) is 6.37. The van der Waals surface area contributed by atoms with Crippen LogP contribution in [-0.4, -0.2) is 30.0 Å². The number of anilines is 1. The lowest BCUT2D eigenvalue weighted by molar-refractivity contribution is -0.0515. The van der Waals surface area contributed by atoms with Crippen molar-refractivity contribution in [3.8, 4) is 11.5 Å². The molecule has 0 spiro atoms. The van der Waals surface area contributed by atoms with Gasteiger partial charge >= 0.3 is 6.61 Å². The van der Waals surface area contributed by atoms with E-state index in [0.717, 1.165) is 0 Å². The molecule has 0 radical (unpaired) electrons. The summed E-state index contributed by atoms with van der Waals surface area (Å²) in [5.41, 5.74) is 0.337. The van der Waals surface area contributed by atoms with Crippen LogP contribution in [0, 0.1) is 0 Å². The number of ether oxygens (including phenoxy) is 2. The Labute approximate surface area is 169 Å². The molecule has 2 aromatic rings. The number of hydrogen-bond donors (Lipinski definition) is 1. The number of carbonyl (C=O) groups is 1. The maximum absolute atomic E-state index is 12.6. The average Bonchev–Trinajstić information content (AvgIpc) is 2.62. The molecule has 1 N–H and O–H groups in total. The van der Waals surface area contributed by atoms with Gasteiger partial charge in [-0.2, -0.15) is 8.78 Å². The van der Waals surface area contributed by atoms with Gasteiger partial charge in [-0.3, -0.25) is 9.78 Å². The summed E-state index contributed by atoms with van der Waals surface area (Å²) in [6, 6.07) is 3.85. The first-order valence-corrected chi connectivity index (χ1v) is 9.09. The lowest BCUT2D eigenvalue weighted by Crippen LogP contribution is -2.14. The average molecular weight is 440 g/mol. The summed E-state index contributed by atoms with van der Waals surface area (Å²) >= 11 is 17.5. The predicted octanol–water partition coefficient (Wildman–Crippen LogP) is 5.64. The van der Waals surface area contributed by atoms with Gasteiger partial charge in [-0.25, -0.2) is 0 Å². The Morgan fingerprint density at radius 3 is 2.48 bits per heavy atom. The van der Waals surface area contributed by atoms with Crippen LogP contribution in [0.4, 0.5) is 14.5 Å². The first-order valence-electron chi connectivity index (χ1n) is 7.80. The molecule has 27 heavy (non-hydrogen) atoms. The highest BCUT2D eigenvalue weighted by molar-refractivity contribution is 6.39. The van der Waals surface area contributed by atoms with Gasteiger partial charge in [-0.05, 0) is 31.0 Å². The topological polar surface area (TPSA) is 60.5 Å². The minimum atomic E-state index is -3.02. The van der Waals surface area contributed by atoms with Crippen molar-refractivity contribution in [2.75, 3.05) is 17.8 Å². The molecule has 0 saturated heterocycles. The molecule has 0 bridgehead atoms. The number of pyridine rings is 1. The number of benzene rings is 1. The van der Waals surface area contributed by atoms with Gasteiger partial charge < -0.3 is 14.8 Å². The largest absolute Gasteiger partial charge is 0.490 e. The maximum atomic E-state index is 12.6. The summed E-state index contributed by atoms with van der Waals surface area (Å²) in [5, 5.41) is 2.87. The third-order valence-electron chi connectivity index (χ3n) is 3.30. The van der Waals surface area contributed by atoms with Crippen molar-refractivity contribution in [3.05, 3.63) is 46.2 Å². The molecule has 2 rings (SSSR count). The van der Waals surface area contributed by atoms with Crippen molar-refractivity contribution >= 4 is 46.4 Å². The van der Waals surface area contributed by atoms with Crippen LogP contribution in [0.5, 0.6) is 11.5 Å². The molecule has 0 saturated carbocycles. The van der Waals surface area contributed by atoms with Gasteiger partial charge in [0.25, 0.3) is 5.91 Å². The fourth-order valence-corrected chi connectivity index (χ4v) is 2.70. The summed E-state index contributed by atoms with van der Waals surface area (Å²) in [6.07, 6.45) is 3.98.